The quantitative estimate of drug-likeness (QED) is 0.626. The Bertz CT molecular complexity index is 1050. The summed E-state index contributed by atoms with van der Waals surface area (Å²) in [5.41, 5.74) is 3.24. The largest absolute Gasteiger partial charge is 0.493 e. The van der Waals surface area contributed by atoms with Gasteiger partial charge >= 0.3 is 0 Å². The van der Waals surface area contributed by atoms with Gasteiger partial charge in [0, 0.05) is 24.3 Å². The molecule has 1 saturated heterocycles. The van der Waals surface area contributed by atoms with Crippen molar-refractivity contribution in [2.45, 2.75) is 19.3 Å². The molecule has 1 aliphatic heterocycles. The van der Waals surface area contributed by atoms with Crippen molar-refractivity contribution in [3.05, 3.63) is 60.2 Å². The van der Waals surface area contributed by atoms with Gasteiger partial charge < -0.3 is 19.7 Å². The van der Waals surface area contributed by atoms with Gasteiger partial charge in [-0.1, -0.05) is 18.2 Å². The first kappa shape index (κ1) is 20.7. The number of methoxy groups -OCH3 is 2. The molecule has 1 aliphatic rings. The average Bonchev–Trinajstić information content (AvgIpc) is 3.34. The molecule has 7 heteroatoms. The molecule has 160 valence electrons. The molecule has 2 aromatic carbocycles. The topological polar surface area (TPSA) is 76.6 Å². The molecule has 0 atom stereocenters. The predicted octanol–water partition coefficient (Wildman–Crippen LogP) is 3.94. The third kappa shape index (κ3) is 4.94. The summed E-state index contributed by atoms with van der Waals surface area (Å²) in [6.45, 7) is 2.07. The van der Waals surface area contributed by atoms with Gasteiger partial charge in [0.2, 0.25) is 5.91 Å². The number of aromatic nitrogens is 2. The van der Waals surface area contributed by atoms with E-state index in [1.165, 1.54) is 12.8 Å². The van der Waals surface area contributed by atoms with Crippen LogP contribution in [0.25, 0.3) is 11.3 Å². The molecule has 3 aromatic rings. The lowest BCUT2D eigenvalue weighted by atomic mass is 10.1. The SMILES string of the molecule is COc1ccc(CC(=O)Nc2cccc(-c3ccc(N4CCCC4)nn3)c2)cc1OC. The van der Waals surface area contributed by atoms with Crippen molar-refractivity contribution < 1.29 is 14.3 Å². The van der Waals surface area contributed by atoms with E-state index in [0.717, 1.165) is 35.7 Å². The fourth-order valence-corrected chi connectivity index (χ4v) is 3.73. The molecule has 0 bridgehead atoms. The maximum atomic E-state index is 12.6. The fourth-order valence-electron chi connectivity index (χ4n) is 3.73. The van der Waals surface area contributed by atoms with E-state index >= 15 is 0 Å². The molecule has 0 saturated carbocycles. The van der Waals surface area contributed by atoms with Crippen LogP contribution >= 0.6 is 0 Å². The Labute approximate surface area is 182 Å². The van der Waals surface area contributed by atoms with Crippen molar-refractivity contribution in [3.8, 4) is 22.8 Å². The van der Waals surface area contributed by atoms with Crippen LogP contribution in [-0.2, 0) is 11.2 Å². The highest BCUT2D eigenvalue weighted by atomic mass is 16.5. The molecule has 1 aromatic heterocycles. The lowest BCUT2D eigenvalue weighted by Gasteiger charge is -2.15. The Balaban J connectivity index is 1.43. The summed E-state index contributed by atoms with van der Waals surface area (Å²) in [6, 6.07) is 17.1. The minimum Gasteiger partial charge on any atom is -0.493 e. The van der Waals surface area contributed by atoms with Gasteiger partial charge in [0.1, 0.15) is 0 Å². The van der Waals surface area contributed by atoms with E-state index < -0.39 is 0 Å². The van der Waals surface area contributed by atoms with Crippen molar-refractivity contribution >= 4 is 17.4 Å². The molecular weight excluding hydrogens is 392 g/mol. The fraction of sp³-hybridized carbons (Fsp3) is 0.292. The summed E-state index contributed by atoms with van der Waals surface area (Å²) in [6.07, 6.45) is 2.64. The maximum absolute atomic E-state index is 12.6. The summed E-state index contributed by atoms with van der Waals surface area (Å²) < 4.78 is 10.6. The first-order valence-electron chi connectivity index (χ1n) is 10.4. The van der Waals surface area contributed by atoms with Crippen LogP contribution in [0.15, 0.2) is 54.6 Å². The summed E-state index contributed by atoms with van der Waals surface area (Å²) in [5.74, 6) is 2.04. The van der Waals surface area contributed by atoms with Crippen LogP contribution in [0.3, 0.4) is 0 Å². The molecule has 1 N–H and O–H groups in total. The van der Waals surface area contributed by atoms with Gasteiger partial charge in [-0.2, -0.15) is 0 Å². The van der Waals surface area contributed by atoms with Crippen molar-refractivity contribution in [2.24, 2.45) is 0 Å². The summed E-state index contributed by atoms with van der Waals surface area (Å²) >= 11 is 0. The number of hydrogen-bond acceptors (Lipinski definition) is 6. The summed E-state index contributed by atoms with van der Waals surface area (Å²) in [5, 5.41) is 11.7. The van der Waals surface area contributed by atoms with Crippen molar-refractivity contribution in [2.75, 3.05) is 37.5 Å². The van der Waals surface area contributed by atoms with Gasteiger partial charge in [-0.25, -0.2) is 0 Å². The molecule has 0 spiro atoms. The minimum absolute atomic E-state index is 0.111. The Kier molecular flexibility index (Phi) is 6.31. The summed E-state index contributed by atoms with van der Waals surface area (Å²) in [7, 11) is 3.16. The molecule has 31 heavy (non-hydrogen) atoms. The number of amides is 1. The molecule has 1 amide bonds. The first-order chi connectivity index (χ1) is 15.2. The normalized spacial score (nSPS) is 13.2. The third-order valence-electron chi connectivity index (χ3n) is 5.34. The number of hydrogen-bond donors (Lipinski definition) is 1. The van der Waals surface area contributed by atoms with Gasteiger partial charge in [0.05, 0.1) is 26.3 Å². The lowest BCUT2D eigenvalue weighted by molar-refractivity contribution is -0.115. The maximum Gasteiger partial charge on any atom is 0.228 e. The zero-order valence-electron chi connectivity index (χ0n) is 17.8. The molecule has 7 nitrogen and oxygen atoms in total. The van der Waals surface area contributed by atoms with Crippen LogP contribution in [0, 0.1) is 0 Å². The van der Waals surface area contributed by atoms with Crippen LogP contribution in [0.2, 0.25) is 0 Å². The average molecular weight is 418 g/mol. The highest BCUT2D eigenvalue weighted by Gasteiger charge is 2.14. The third-order valence-corrected chi connectivity index (χ3v) is 5.34. The smallest absolute Gasteiger partial charge is 0.228 e. The van der Waals surface area contributed by atoms with Crippen LogP contribution in [0.1, 0.15) is 18.4 Å². The van der Waals surface area contributed by atoms with Crippen LogP contribution in [0.4, 0.5) is 11.5 Å². The van der Waals surface area contributed by atoms with Crippen molar-refractivity contribution in [1.82, 2.24) is 10.2 Å². The van der Waals surface area contributed by atoms with E-state index in [1.807, 2.05) is 48.5 Å². The number of anilines is 2. The Hall–Kier alpha value is -3.61. The number of carbonyl (C=O) groups is 1. The van der Waals surface area contributed by atoms with Crippen LogP contribution in [-0.4, -0.2) is 43.4 Å². The number of ether oxygens (including phenoxy) is 2. The highest BCUT2D eigenvalue weighted by molar-refractivity contribution is 5.93. The zero-order valence-corrected chi connectivity index (χ0v) is 17.8. The second kappa shape index (κ2) is 9.47. The number of benzene rings is 2. The molecular formula is C24H26N4O3. The van der Waals surface area contributed by atoms with Crippen LogP contribution < -0.4 is 19.7 Å². The first-order valence-corrected chi connectivity index (χ1v) is 10.4. The van der Waals surface area contributed by atoms with Gasteiger partial charge in [-0.05, 0) is 54.8 Å². The molecule has 0 aliphatic carbocycles. The highest BCUT2D eigenvalue weighted by Crippen LogP contribution is 2.28. The van der Waals surface area contributed by atoms with E-state index in [0.29, 0.717) is 17.2 Å². The molecule has 2 heterocycles. The van der Waals surface area contributed by atoms with Gasteiger partial charge in [0.25, 0.3) is 0 Å². The number of carbonyl (C=O) groups excluding carboxylic acids is 1. The predicted molar refractivity (Wildman–Crippen MR) is 121 cm³/mol. The second-order valence-corrected chi connectivity index (χ2v) is 7.47. The van der Waals surface area contributed by atoms with Gasteiger partial charge in [-0.15, -0.1) is 10.2 Å². The molecule has 0 unspecified atom stereocenters. The molecule has 1 fully saturated rings. The van der Waals surface area contributed by atoms with E-state index in [2.05, 4.69) is 20.4 Å². The van der Waals surface area contributed by atoms with E-state index in [1.54, 1.807) is 20.3 Å². The number of nitrogens with one attached hydrogen (secondary N) is 1. The van der Waals surface area contributed by atoms with Gasteiger partial charge in [0.15, 0.2) is 17.3 Å². The second-order valence-electron chi connectivity index (χ2n) is 7.47. The molecule has 4 rings (SSSR count). The lowest BCUT2D eigenvalue weighted by Crippen LogP contribution is -2.19. The Morgan fingerprint density at radius 2 is 1.77 bits per heavy atom. The monoisotopic (exact) mass is 418 g/mol. The Morgan fingerprint density at radius 3 is 2.48 bits per heavy atom. The van der Waals surface area contributed by atoms with E-state index in [4.69, 9.17) is 9.47 Å². The Morgan fingerprint density at radius 1 is 0.968 bits per heavy atom. The molecule has 0 radical (unpaired) electrons. The summed E-state index contributed by atoms with van der Waals surface area (Å²) in [4.78, 5) is 14.8. The minimum atomic E-state index is -0.111. The van der Waals surface area contributed by atoms with Crippen molar-refractivity contribution in [3.63, 3.8) is 0 Å². The number of rotatable bonds is 7. The standard InChI is InChI=1S/C24H26N4O3/c1-30-21-10-8-17(14-22(21)31-2)15-24(29)25-19-7-5-6-18(16-19)20-9-11-23(27-26-20)28-12-3-4-13-28/h5-11,14,16H,3-4,12-13,15H2,1-2H3,(H,25,29). The van der Waals surface area contributed by atoms with E-state index in [-0.39, 0.29) is 12.3 Å². The number of nitrogens with zero attached hydrogens (tertiary/aromatic N) is 3. The van der Waals surface area contributed by atoms with Gasteiger partial charge in [-0.3, -0.25) is 4.79 Å². The zero-order chi connectivity index (χ0) is 21.6. The van der Waals surface area contributed by atoms with Crippen LogP contribution in [0.5, 0.6) is 11.5 Å². The van der Waals surface area contributed by atoms with E-state index in [9.17, 15) is 4.79 Å². The van der Waals surface area contributed by atoms with Crippen molar-refractivity contribution in [1.29, 1.82) is 0 Å².